The first-order valence-corrected chi connectivity index (χ1v) is 8.46. The third-order valence-corrected chi connectivity index (χ3v) is 4.54. The van der Waals surface area contributed by atoms with Crippen molar-refractivity contribution < 1.29 is 9.53 Å². The molecule has 0 N–H and O–H groups in total. The highest BCUT2D eigenvalue weighted by molar-refractivity contribution is 7.09. The van der Waals surface area contributed by atoms with Gasteiger partial charge in [0.2, 0.25) is 0 Å². The van der Waals surface area contributed by atoms with Crippen LogP contribution in [0, 0.1) is 0 Å². The van der Waals surface area contributed by atoms with Gasteiger partial charge in [0.1, 0.15) is 11.4 Å². The first kappa shape index (κ1) is 16.2. The number of hydrogen-bond acceptors (Lipinski definition) is 4. The number of methoxy groups -OCH3 is 1. The highest BCUT2D eigenvalue weighted by atomic mass is 32.1. The number of ether oxygens (including phenoxy) is 1. The van der Waals surface area contributed by atoms with Gasteiger partial charge in [0, 0.05) is 16.8 Å². The van der Waals surface area contributed by atoms with Gasteiger partial charge in [0.15, 0.2) is 0 Å². The molecule has 0 saturated heterocycles. The lowest BCUT2D eigenvalue weighted by Crippen LogP contribution is -2.31. The van der Waals surface area contributed by atoms with E-state index in [4.69, 9.17) is 4.74 Å². The summed E-state index contributed by atoms with van der Waals surface area (Å²) in [6, 6.07) is 13.3. The Kier molecular flexibility index (Phi) is 4.91. The summed E-state index contributed by atoms with van der Waals surface area (Å²) in [4.78, 5) is 20.2. The lowest BCUT2D eigenvalue weighted by atomic mass is 10.2. The molecule has 0 bridgehead atoms. The molecule has 0 saturated carbocycles. The smallest absolute Gasteiger partial charge is 0.273 e. The molecule has 0 atom stereocenters. The van der Waals surface area contributed by atoms with Gasteiger partial charge in [-0.1, -0.05) is 18.2 Å². The molecule has 2 heterocycles. The minimum absolute atomic E-state index is 0.0963. The molecule has 1 aromatic carbocycles. The van der Waals surface area contributed by atoms with Gasteiger partial charge in [0.05, 0.1) is 19.2 Å². The van der Waals surface area contributed by atoms with Crippen LogP contribution in [0.2, 0.25) is 0 Å². The van der Waals surface area contributed by atoms with Crippen LogP contribution in [-0.2, 0) is 6.54 Å². The maximum atomic E-state index is 12.8. The van der Waals surface area contributed by atoms with Crippen molar-refractivity contribution >= 4 is 28.1 Å². The van der Waals surface area contributed by atoms with E-state index in [0.717, 1.165) is 21.5 Å². The maximum Gasteiger partial charge on any atom is 0.273 e. The number of nitrogens with zero attached hydrogens (tertiary/aromatic N) is 2. The predicted octanol–water partition coefficient (Wildman–Crippen LogP) is 4.13. The molecule has 3 rings (SSSR count). The number of fused-ring (bicyclic) bond motifs is 1. The minimum Gasteiger partial charge on any atom is -0.497 e. The van der Waals surface area contributed by atoms with Crippen molar-refractivity contribution in [1.29, 1.82) is 0 Å². The van der Waals surface area contributed by atoms with E-state index in [2.05, 4.69) is 11.6 Å². The lowest BCUT2D eigenvalue weighted by molar-refractivity contribution is 0.0759. The van der Waals surface area contributed by atoms with E-state index in [1.54, 1.807) is 35.5 Å². The molecule has 0 aliphatic rings. The summed E-state index contributed by atoms with van der Waals surface area (Å²) in [5.41, 5.74) is 1.21. The van der Waals surface area contributed by atoms with E-state index >= 15 is 0 Å². The van der Waals surface area contributed by atoms with Gasteiger partial charge in [-0.2, -0.15) is 0 Å². The van der Waals surface area contributed by atoms with E-state index in [9.17, 15) is 4.79 Å². The van der Waals surface area contributed by atoms with E-state index in [-0.39, 0.29) is 5.91 Å². The van der Waals surface area contributed by atoms with Crippen LogP contribution in [0.3, 0.4) is 0 Å². The van der Waals surface area contributed by atoms with Crippen molar-refractivity contribution in [1.82, 2.24) is 9.88 Å². The Balaban J connectivity index is 1.88. The molecule has 2 aromatic heterocycles. The SMILES string of the molecule is C=CCN(Cc1cccs1)C(=O)c1ccc2cc(OC)ccc2n1. The normalized spacial score (nSPS) is 10.5. The van der Waals surface area contributed by atoms with Gasteiger partial charge in [-0.3, -0.25) is 4.79 Å². The second-order valence-electron chi connectivity index (χ2n) is 5.31. The van der Waals surface area contributed by atoms with Crippen LogP contribution < -0.4 is 4.74 Å². The van der Waals surface area contributed by atoms with E-state index < -0.39 is 0 Å². The summed E-state index contributed by atoms with van der Waals surface area (Å²) < 4.78 is 5.22. The van der Waals surface area contributed by atoms with Crippen molar-refractivity contribution in [2.75, 3.05) is 13.7 Å². The molecule has 0 spiro atoms. The summed E-state index contributed by atoms with van der Waals surface area (Å²) in [6.07, 6.45) is 1.73. The first-order valence-electron chi connectivity index (χ1n) is 7.58. The summed E-state index contributed by atoms with van der Waals surface area (Å²) >= 11 is 1.63. The van der Waals surface area contributed by atoms with Crippen LogP contribution in [0.5, 0.6) is 5.75 Å². The summed E-state index contributed by atoms with van der Waals surface area (Å²) in [5, 5.41) is 2.95. The number of rotatable bonds is 6. The average Bonchev–Trinajstić information content (AvgIpc) is 3.13. The molecule has 5 heteroatoms. The van der Waals surface area contributed by atoms with Crippen molar-refractivity contribution in [2.24, 2.45) is 0 Å². The summed E-state index contributed by atoms with van der Waals surface area (Å²) in [5.74, 6) is 0.676. The first-order chi connectivity index (χ1) is 11.7. The Morgan fingerprint density at radius 1 is 1.33 bits per heavy atom. The Morgan fingerprint density at radius 2 is 2.21 bits per heavy atom. The monoisotopic (exact) mass is 338 g/mol. The molecule has 0 unspecified atom stereocenters. The highest BCUT2D eigenvalue weighted by Gasteiger charge is 2.17. The van der Waals surface area contributed by atoms with Crippen molar-refractivity contribution in [3.63, 3.8) is 0 Å². The molecule has 24 heavy (non-hydrogen) atoms. The fraction of sp³-hybridized carbons (Fsp3) is 0.158. The number of hydrogen-bond donors (Lipinski definition) is 0. The van der Waals surface area contributed by atoms with Crippen LogP contribution in [-0.4, -0.2) is 29.4 Å². The van der Waals surface area contributed by atoms with E-state index in [1.165, 1.54) is 0 Å². The number of amides is 1. The molecular weight excluding hydrogens is 320 g/mol. The molecule has 1 amide bonds. The van der Waals surface area contributed by atoms with E-state index in [1.807, 2.05) is 41.8 Å². The third-order valence-electron chi connectivity index (χ3n) is 3.68. The third kappa shape index (κ3) is 3.46. The van der Waals surface area contributed by atoms with Crippen molar-refractivity contribution in [3.8, 4) is 5.75 Å². The highest BCUT2D eigenvalue weighted by Crippen LogP contribution is 2.20. The van der Waals surface area contributed by atoms with Gasteiger partial charge < -0.3 is 9.64 Å². The largest absolute Gasteiger partial charge is 0.497 e. The molecule has 0 aliphatic heterocycles. The quantitative estimate of drug-likeness (QED) is 0.635. The second kappa shape index (κ2) is 7.27. The molecule has 0 aliphatic carbocycles. The van der Waals surface area contributed by atoms with Crippen LogP contribution in [0.25, 0.3) is 10.9 Å². The fourth-order valence-electron chi connectivity index (χ4n) is 2.48. The molecule has 3 aromatic rings. The Hall–Kier alpha value is -2.66. The van der Waals surface area contributed by atoms with Gasteiger partial charge in [-0.25, -0.2) is 4.98 Å². The van der Waals surface area contributed by atoms with Crippen LogP contribution in [0.15, 0.2) is 60.5 Å². The molecule has 4 nitrogen and oxygen atoms in total. The zero-order chi connectivity index (χ0) is 16.9. The lowest BCUT2D eigenvalue weighted by Gasteiger charge is -2.20. The topological polar surface area (TPSA) is 42.4 Å². The number of carbonyl (C=O) groups excluding carboxylic acids is 1. The summed E-state index contributed by atoms with van der Waals surface area (Å²) in [7, 11) is 1.63. The standard InChI is InChI=1S/C19H18N2O2S/c1-3-10-21(13-16-5-4-11-24-16)19(22)18-8-6-14-12-15(23-2)7-9-17(14)20-18/h3-9,11-12H,1,10,13H2,2H3. The second-order valence-corrected chi connectivity index (χ2v) is 6.34. The Labute approximate surface area is 145 Å². The zero-order valence-electron chi connectivity index (χ0n) is 13.4. The molecule has 0 fully saturated rings. The number of benzene rings is 1. The maximum absolute atomic E-state index is 12.8. The van der Waals surface area contributed by atoms with E-state index in [0.29, 0.717) is 18.8 Å². The van der Waals surface area contributed by atoms with Crippen molar-refractivity contribution in [3.05, 3.63) is 71.1 Å². The Morgan fingerprint density at radius 3 is 2.92 bits per heavy atom. The average molecular weight is 338 g/mol. The van der Waals surface area contributed by atoms with Gasteiger partial charge in [0.25, 0.3) is 5.91 Å². The van der Waals surface area contributed by atoms with Gasteiger partial charge in [-0.15, -0.1) is 17.9 Å². The van der Waals surface area contributed by atoms with Crippen LogP contribution >= 0.6 is 11.3 Å². The number of pyridine rings is 1. The van der Waals surface area contributed by atoms with Crippen LogP contribution in [0.1, 0.15) is 15.4 Å². The summed E-state index contributed by atoms with van der Waals surface area (Å²) in [6.45, 7) is 4.80. The molecular formula is C19H18N2O2S. The fourth-order valence-corrected chi connectivity index (χ4v) is 3.20. The number of thiophene rings is 1. The Bertz CT molecular complexity index is 859. The minimum atomic E-state index is -0.0963. The number of aromatic nitrogens is 1. The van der Waals surface area contributed by atoms with Crippen molar-refractivity contribution in [2.45, 2.75) is 6.54 Å². The predicted molar refractivity (Wildman–Crippen MR) is 97.6 cm³/mol. The molecule has 0 radical (unpaired) electrons. The van der Waals surface area contributed by atoms with Gasteiger partial charge >= 0.3 is 0 Å². The van der Waals surface area contributed by atoms with Gasteiger partial charge in [-0.05, 0) is 35.7 Å². The van der Waals surface area contributed by atoms with Crippen LogP contribution in [0.4, 0.5) is 0 Å². The number of carbonyl (C=O) groups is 1. The zero-order valence-corrected chi connectivity index (χ0v) is 14.3. The molecule has 122 valence electrons.